The molecule has 0 unspecified atom stereocenters. The highest BCUT2D eigenvalue weighted by atomic mass is 79.9. The number of halogens is 1. The standard InChI is InChI=1S/C6H6BBrN2OS/c1-2-9-5(11)3-4(7)10-6(8)12-3/h2H2,1H3,(H,9,11). The van der Waals surface area contributed by atoms with Gasteiger partial charge in [-0.3, -0.25) is 4.79 Å². The second-order valence-electron chi connectivity index (χ2n) is 2.04. The van der Waals surface area contributed by atoms with Crippen molar-refractivity contribution >= 4 is 46.6 Å². The van der Waals surface area contributed by atoms with Gasteiger partial charge in [0, 0.05) is 12.1 Å². The van der Waals surface area contributed by atoms with E-state index in [1.54, 1.807) is 0 Å². The smallest absolute Gasteiger partial charge is 0.262 e. The number of rotatable bonds is 2. The van der Waals surface area contributed by atoms with E-state index in [4.69, 9.17) is 7.85 Å². The summed E-state index contributed by atoms with van der Waals surface area (Å²) in [5.41, 5.74) is 0.276. The molecule has 1 aromatic heterocycles. The quantitative estimate of drug-likeness (QED) is 0.768. The maximum absolute atomic E-state index is 11.2. The first-order valence-corrected chi connectivity index (χ1v) is 4.96. The highest BCUT2D eigenvalue weighted by Gasteiger charge is 2.11. The average Bonchev–Trinajstić information content (AvgIpc) is 2.30. The lowest BCUT2D eigenvalue weighted by Crippen LogP contribution is -2.27. The van der Waals surface area contributed by atoms with Gasteiger partial charge in [-0.15, -0.1) is 11.3 Å². The molecular formula is C6H6BBrN2OS. The summed E-state index contributed by atoms with van der Waals surface area (Å²) in [5, 5.41) is 2.65. The summed E-state index contributed by atoms with van der Waals surface area (Å²) < 4.78 is 0.626. The van der Waals surface area contributed by atoms with Crippen LogP contribution in [0, 0.1) is 0 Å². The molecule has 0 fully saturated rings. The van der Waals surface area contributed by atoms with Gasteiger partial charge >= 0.3 is 0 Å². The molecule has 12 heavy (non-hydrogen) atoms. The van der Waals surface area contributed by atoms with Crippen LogP contribution >= 0.6 is 27.3 Å². The lowest BCUT2D eigenvalue weighted by Gasteiger charge is -1.97. The van der Waals surface area contributed by atoms with Crippen LogP contribution in [0.4, 0.5) is 0 Å². The second-order valence-corrected chi connectivity index (χ2v) is 4.32. The topological polar surface area (TPSA) is 42.0 Å². The molecular weight excluding hydrogens is 239 g/mol. The van der Waals surface area contributed by atoms with Gasteiger partial charge in [-0.25, -0.2) is 4.98 Å². The Labute approximate surface area is 84.1 Å². The van der Waals surface area contributed by atoms with E-state index in [0.717, 1.165) is 0 Å². The Bertz CT molecular complexity index is 302. The van der Waals surface area contributed by atoms with Crippen LogP contribution in [0.5, 0.6) is 0 Å². The van der Waals surface area contributed by atoms with E-state index in [1.165, 1.54) is 11.3 Å². The number of carbonyl (C=O) groups excluding carboxylic acids is 1. The van der Waals surface area contributed by atoms with E-state index in [2.05, 4.69) is 26.2 Å². The summed E-state index contributed by atoms with van der Waals surface area (Å²) in [7, 11) is 5.48. The molecule has 2 radical (unpaired) electrons. The van der Waals surface area contributed by atoms with Crippen molar-refractivity contribution in [2.45, 2.75) is 6.92 Å². The molecule has 0 aliphatic heterocycles. The van der Waals surface area contributed by atoms with Crippen molar-refractivity contribution < 1.29 is 4.79 Å². The number of amides is 1. The molecule has 3 nitrogen and oxygen atoms in total. The Morgan fingerprint density at radius 2 is 2.50 bits per heavy atom. The molecule has 0 aliphatic rings. The van der Waals surface area contributed by atoms with Crippen LogP contribution in [0.1, 0.15) is 16.6 Å². The van der Waals surface area contributed by atoms with Crippen LogP contribution in [-0.4, -0.2) is 25.3 Å². The van der Waals surface area contributed by atoms with Crippen molar-refractivity contribution in [3.8, 4) is 0 Å². The normalized spacial score (nSPS) is 9.83. The van der Waals surface area contributed by atoms with Crippen LogP contribution in [-0.2, 0) is 0 Å². The van der Waals surface area contributed by atoms with Gasteiger partial charge in [-0.1, -0.05) is 0 Å². The fourth-order valence-electron chi connectivity index (χ4n) is 0.708. The third-order valence-corrected chi connectivity index (χ3v) is 2.69. The van der Waals surface area contributed by atoms with Gasteiger partial charge in [0.15, 0.2) is 3.92 Å². The lowest BCUT2D eigenvalue weighted by atomic mass is 10.0. The lowest BCUT2D eigenvalue weighted by molar-refractivity contribution is 0.0961. The van der Waals surface area contributed by atoms with Gasteiger partial charge in [0.1, 0.15) is 12.7 Å². The number of hydrogen-bond acceptors (Lipinski definition) is 3. The largest absolute Gasteiger partial charge is 0.352 e. The molecule has 1 amide bonds. The van der Waals surface area contributed by atoms with Crippen LogP contribution < -0.4 is 10.9 Å². The molecule has 1 heterocycles. The Morgan fingerprint density at radius 1 is 1.83 bits per heavy atom. The molecule has 0 bridgehead atoms. The maximum Gasteiger partial charge on any atom is 0.262 e. The predicted molar refractivity (Wildman–Crippen MR) is 53.2 cm³/mol. The third-order valence-electron chi connectivity index (χ3n) is 1.17. The molecule has 6 heteroatoms. The van der Waals surface area contributed by atoms with Gasteiger partial charge in [-0.2, -0.15) is 0 Å². The van der Waals surface area contributed by atoms with Crippen molar-refractivity contribution in [1.82, 2.24) is 10.3 Å². The highest BCUT2D eigenvalue weighted by Crippen LogP contribution is 2.15. The zero-order valence-corrected chi connectivity index (χ0v) is 8.83. The molecule has 0 saturated heterocycles. The number of aromatic nitrogens is 1. The average molecular weight is 245 g/mol. The minimum Gasteiger partial charge on any atom is -0.352 e. The SMILES string of the molecule is [B]c1nc(Br)sc1C(=O)NCC. The minimum absolute atomic E-state index is 0.168. The summed E-state index contributed by atoms with van der Waals surface area (Å²) in [6, 6.07) is 0. The van der Waals surface area contributed by atoms with Crippen molar-refractivity contribution in [2.24, 2.45) is 0 Å². The minimum atomic E-state index is -0.168. The molecule has 0 aliphatic carbocycles. The van der Waals surface area contributed by atoms with Crippen molar-refractivity contribution in [3.05, 3.63) is 8.79 Å². The monoisotopic (exact) mass is 244 g/mol. The van der Waals surface area contributed by atoms with Gasteiger partial charge in [0.05, 0.1) is 0 Å². The van der Waals surface area contributed by atoms with Crippen molar-refractivity contribution in [1.29, 1.82) is 0 Å². The Morgan fingerprint density at radius 3 is 2.92 bits per heavy atom. The van der Waals surface area contributed by atoms with E-state index in [0.29, 0.717) is 15.3 Å². The summed E-state index contributed by atoms with van der Waals surface area (Å²) >= 11 is 4.38. The van der Waals surface area contributed by atoms with E-state index >= 15 is 0 Å². The van der Waals surface area contributed by atoms with Gasteiger partial charge in [0.2, 0.25) is 0 Å². The van der Waals surface area contributed by atoms with Crippen LogP contribution in [0.15, 0.2) is 3.92 Å². The molecule has 1 rings (SSSR count). The van der Waals surface area contributed by atoms with Crippen LogP contribution in [0.3, 0.4) is 0 Å². The molecule has 1 N–H and O–H groups in total. The van der Waals surface area contributed by atoms with E-state index in [9.17, 15) is 4.79 Å². The number of hydrogen-bond donors (Lipinski definition) is 1. The fourth-order valence-corrected chi connectivity index (χ4v) is 2.01. The summed E-state index contributed by atoms with van der Waals surface area (Å²) in [5.74, 6) is -0.168. The maximum atomic E-state index is 11.2. The van der Waals surface area contributed by atoms with E-state index in [1.807, 2.05) is 6.92 Å². The fraction of sp³-hybridized carbons (Fsp3) is 0.333. The molecule has 0 spiro atoms. The highest BCUT2D eigenvalue weighted by molar-refractivity contribution is 9.11. The Hall–Kier alpha value is -0.355. The van der Waals surface area contributed by atoms with Gasteiger partial charge in [-0.05, 0) is 22.9 Å². The van der Waals surface area contributed by atoms with Crippen LogP contribution in [0.25, 0.3) is 0 Å². The third kappa shape index (κ3) is 2.07. The summed E-state index contributed by atoms with van der Waals surface area (Å²) in [6.45, 7) is 2.44. The number of nitrogens with zero attached hydrogens (tertiary/aromatic N) is 1. The first-order valence-electron chi connectivity index (χ1n) is 3.35. The molecule has 62 valence electrons. The zero-order valence-electron chi connectivity index (χ0n) is 6.43. The number of carbonyl (C=O) groups is 1. The first-order chi connectivity index (χ1) is 5.65. The number of thiazole rings is 1. The molecule has 1 aromatic rings. The van der Waals surface area contributed by atoms with Gasteiger partial charge in [0.25, 0.3) is 5.91 Å². The van der Waals surface area contributed by atoms with E-state index < -0.39 is 0 Å². The van der Waals surface area contributed by atoms with Gasteiger partial charge < -0.3 is 5.32 Å². The van der Waals surface area contributed by atoms with Crippen molar-refractivity contribution in [3.63, 3.8) is 0 Å². The second kappa shape index (κ2) is 4.05. The zero-order chi connectivity index (χ0) is 9.14. The summed E-state index contributed by atoms with van der Waals surface area (Å²) in [6.07, 6.45) is 0. The molecule has 0 saturated carbocycles. The molecule has 0 aromatic carbocycles. The van der Waals surface area contributed by atoms with E-state index in [-0.39, 0.29) is 11.5 Å². The number of nitrogens with one attached hydrogen (secondary N) is 1. The Balaban J connectivity index is 2.87. The summed E-state index contributed by atoms with van der Waals surface area (Å²) in [4.78, 5) is 15.6. The molecule has 0 atom stereocenters. The van der Waals surface area contributed by atoms with Crippen LogP contribution in [0.2, 0.25) is 0 Å². The first kappa shape index (κ1) is 9.73. The Kier molecular flexibility index (Phi) is 3.28. The van der Waals surface area contributed by atoms with Crippen molar-refractivity contribution in [2.75, 3.05) is 6.54 Å². The predicted octanol–water partition coefficient (Wildman–Crippen LogP) is 0.449.